The van der Waals surface area contributed by atoms with E-state index in [1.165, 1.54) is 22.2 Å². The number of hydrogen-bond donors (Lipinski definition) is 1. The van der Waals surface area contributed by atoms with Gasteiger partial charge in [0.05, 0.1) is 11.1 Å². The number of aromatic nitrogens is 2. The first-order chi connectivity index (χ1) is 14.5. The third-order valence-corrected chi connectivity index (χ3v) is 7.53. The molecule has 30 heavy (non-hydrogen) atoms. The Morgan fingerprint density at radius 3 is 2.93 bits per heavy atom. The summed E-state index contributed by atoms with van der Waals surface area (Å²) in [6.07, 6.45) is 4.72. The van der Waals surface area contributed by atoms with Crippen LogP contribution < -0.4 is 10.9 Å². The highest BCUT2D eigenvalue weighted by Crippen LogP contribution is 2.36. The highest BCUT2D eigenvalue weighted by atomic mass is 35.5. The summed E-state index contributed by atoms with van der Waals surface area (Å²) >= 11 is 8.77. The highest BCUT2D eigenvalue weighted by Gasteiger charge is 2.24. The van der Waals surface area contributed by atoms with Crippen LogP contribution in [0, 0.1) is 5.92 Å². The van der Waals surface area contributed by atoms with E-state index in [1.54, 1.807) is 46.2 Å². The molecule has 0 unspecified atom stereocenters. The van der Waals surface area contributed by atoms with Crippen molar-refractivity contribution in [1.82, 2.24) is 9.55 Å². The lowest BCUT2D eigenvalue weighted by atomic mass is 9.89. The highest BCUT2D eigenvalue weighted by molar-refractivity contribution is 7.99. The molecule has 1 aliphatic rings. The van der Waals surface area contributed by atoms with Crippen LogP contribution in [0.3, 0.4) is 0 Å². The summed E-state index contributed by atoms with van der Waals surface area (Å²) in [4.78, 5) is 32.5. The zero-order valence-electron chi connectivity index (χ0n) is 16.6. The molecule has 0 saturated heterocycles. The van der Waals surface area contributed by atoms with Crippen molar-refractivity contribution in [3.8, 4) is 0 Å². The molecule has 2 aromatic heterocycles. The number of fused-ring (bicyclic) bond motifs is 3. The summed E-state index contributed by atoms with van der Waals surface area (Å²) in [6.45, 7) is 6.39. The zero-order valence-corrected chi connectivity index (χ0v) is 19.0. The summed E-state index contributed by atoms with van der Waals surface area (Å²) in [5.74, 6) is 0.618. The molecule has 0 radical (unpaired) electrons. The molecule has 1 amide bonds. The number of amides is 1. The second-order valence-corrected chi connectivity index (χ2v) is 9.94. The van der Waals surface area contributed by atoms with Gasteiger partial charge in [-0.2, -0.15) is 0 Å². The Balaban J connectivity index is 1.60. The Kier molecular flexibility index (Phi) is 6.32. The molecule has 0 aliphatic heterocycles. The second-order valence-electron chi connectivity index (χ2n) is 7.47. The van der Waals surface area contributed by atoms with Crippen molar-refractivity contribution in [3.63, 3.8) is 0 Å². The van der Waals surface area contributed by atoms with Crippen molar-refractivity contribution in [2.45, 2.75) is 37.9 Å². The number of thioether (sulfide) groups is 1. The molecule has 4 rings (SSSR count). The fourth-order valence-corrected chi connectivity index (χ4v) is 6.02. The maximum absolute atomic E-state index is 13.3. The van der Waals surface area contributed by atoms with Gasteiger partial charge in [-0.3, -0.25) is 14.2 Å². The molecule has 2 heterocycles. The number of rotatable bonds is 6. The van der Waals surface area contributed by atoms with Gasteiger partial charge < -0.3 is 5.32 Å². The number of carbonyl (C=O) groups is 1. The smallest absolute Gasteiger partial charge is 0.263 e. The van der Waals surface area contributed by atoms with Gasteiger partial charge >= 0.3 is 0 Å². The third kappa shape index (κ3) is 4.33. The van der Waals surface area contributed by atoms with Crippen molar-refractivity contribution in [2.24, 2.45) is 5.92 Å². The summed E-state index contributed by atoms with van der Waals surface area (Å²) in [6, 6.07) is 6.95. The number of anilines is 1. The summed E-state index contributed by atoms with van der Waals surface area (Å²) in [5, 5.41) is 4.74. The molecule has 156 valence electrons. The van der Waals surface area contributed by atoms with Crippen molar-refractivity contribution in [1.29, 1.82) is 0 Å². The van der Waals surface area contributed by atoms with Crippen molar-refractivity contribution in [3.05, 3.63) is 62.7 Å². The maximum atomic E-state index is 13.3. The van der Waals surface area contributed by atoms with Gasteiger partial charge in [0.15, 0.2) is 5.16 Å². The maximum Gasteiger partial charge on any atom is 0.263 e. The third-order valence-electron chi connectivity index (χ3n) is 5.15. The number of halogens is 1. The normalized spacial score (nSPS) is 15.7. The van der Waals surface area contributed by atoms with Gasteiger partial charge in [-0.05, 0) is 55.0 Å². The fourth-order valence-electron chi connectivity index (χ4n) is 3.67. The van der Waals surface area contributed by atoms with E-state index in [9.17, 15) is 9.59 Å². The summed E-state index contributed by atoms with van der Waals surface area (Å²) in [5.41, 5.74) is 1.81. The number of carbonyl (C=O) groups excluding carboxylic acids is 1. The zero-order chi connectivity index (χ0) is 21.3. The second kappa shape index (κ2) is 8.96. The van der Waals surface area contributed by atoms with E-state index in [-0.39, 0.29) is 17.2 Å². The van der Waals surface area contributed by atoms with Gasteiger partial charge in [0, 0.05) is 22.1 Å². The predicted octanol–water partition coefficient (Wildman–Crippen LogP) is 5.15. The molecular weight excluding hydrogens is 438 g/mol. The monoisotopic (exact) mass is 459 g/mol. The molecule has 1 aliphatic carbocycles. The van der Waals surface area contributed by atoms with E-state index in [4.69, 9.17) is 16.6 Å². The number of nitrogens with zero attached hydrogens (tertiary/aromatic N) is 2. The number of aryl methyl sites for hydroxylation is 1. The van der Waals surface area contributed by atoms with Crippen molar-refractivity contribution < 1.29 is 4.79 Å². The molecule has 0 spiro atoms. The van der Waals surface area contributed by atoms with Gasteiger partial charge in [0.2, 0.25) is 5.91 Å². The molecule has 1 aromatic carbocycles. The first-order valence-electron chi connectivity index (χ1n) is 9.80. The number of benzene rings is 1. The van der Waals surface area contributed by atoms with E-state index in [0.717, 1.165) is 29.5 Å². The molecule has 0 saturated carbocycles. The molecule has 1 atom stereocenters. The first-order valence-corrected chi connectivity index (χ1v) is 12.0. The Morgan fingerprint density at radius 2 is 2.20 bits per heavy atom. The number of allylic oxidation sites excluding steroid dienone is 1. The van der Waals surface area contributed by atoms with E-state index in [0.29, 0.717) is 28.3 Å². The van der Waals surface area contributed by atoms with Gasteiger partial charge in [0.1, 0.15) is 4.83 Å². The van der Waals surface area contributed by atoms with Crippen LogP contribution in [0.25, 0.3) is 10.2 Å². The number of hydrogen-bond acceptors (Lipinski definition) is 5. The molecule has 3 aromatic rings. The Hall–Kier alpha value is -2.09. The van der Waals surface area contributed by atoms with Crippen molar-refractivity contribution >= 4 is 56.5 Å². The molecule has 0 fully saturated rings. The molecule has 8 heteroatoms. The quantitative estimate of drug-likeness (QED) is 0.314. The molecular formula is C22H22ClN3O2S2. The van der Waals surface area contributed by atoms with Crippen LogP contribution in [0.5, 0.6) is 0 Å². The van der Waals surface area contributed by atoms with E-state index >= 15 is 0 Å². The van der Waals surface area contributed by atoms with Crippen LogP contribution in [0.4, 0.5) is 5.69 Å². The minimum atomic E-state index is -0.166. The van der Waals surface area contributed by atoms with E-state index < -0.39 is 0 Å². The minimum Gasteiger partial charge on any atom is -0.325 e. The van der Waals surface area contributed by atoms with Crippen LogP contribution in [-0.2, 0) is 24.2 Å². The fraction of sp³-hybridized carbons (Fsp3) is 0.318. The van der Waals surface area contributed by atoms with Crippen LogP contribution in [0.1, 0.15) is 23.8 Å². The van der Waals surface area contributed by atoms with Crippen molar-refractivity contribution in [2.75, 3.05) is 11.1 Å². The average molecular weight is 460 g/mol. The molecule has 5 nitrogen and oxygen atoms in total. The molecule has 0 bridgehead atoms. The SMILES string of the molecule is C=CCn1c(SCC(=O)Nc2ccc(Cl)cc2)nc2sc3c(c2c1=O)CC[C@H](C)C3. The lowest BCUT2D eigenvalue weighted by Crippen LogP contribution is -2.24. The van der Waals surface area contributed by atoms with Crippen LogP contribution >= 0.6 is 34.7 Å². The predicted molar refractivity (Wildman–Crippen MR) is 126 cm³/mol. The van der Waals surface area contributed by atoms with Crippen LogP contribution in [-0.4, -0.2) is 21.2 Å². The topological polar surface area (TPSA) is 64.0 Å². The van der Waals surface area contributed by atoms with Crippen LogP contribution in [0.2, 0.25) is 5.02 Å². The standard InChI is InChI=1S/C22H22ClN3O2S2/c1-3-10-26-21(28)19-16-9-4-13(2)11-17(16)30-20(19)25-22(26)29-12-18(27)24-15-7-5-14(23)6-8-15/h3,5-8,13H,1,4,9-12H2,2H3,(H,24,27)/t13-/m0/s1. The molecule has 1 N–H and O–H groups in total. The summed E-state index contributed by atoms with van der Waals surface area (Å²) in [7, 11) is 0. The first kappa shape index (κ1) is 21.2. The van der Waals surface area contributed by atoms with Gasteiger partial charge in [-0.15, -0.1) is 17.9 Å². The average Bonchev–Trinajstić information content (AvgIpc) is 3.08. The van der Waals surface area contributed by atoms with E-state index in [2.05, 4.69) is 18.8 Å². The van der Waals surface area contributed by atoms with Gasteiger partial charge in [-0.1, -0.05) is 36.4 Å². The number of thiophene rings is 1. The number of nitrogens with one attached hydrogen (secondary N) is 1. The lowest BCUT2D eigenvalue weighted by molar-refractivity contribution is -0.113. The van der Waals surface area contributed by atoms with E-state index in [1.807, 2.05) is 0 Å². The largest absolute Gasteiger partial charge is 0.325 e. The van der Waals surface area contributed by atoms with Gasteiger partial charge in [0.25, 0.3) is 5.56 Å². The Morgan fingerprint density at radius 1 is 1.43 bits per heavy atom. The minimum absolute atomic E-state index is 0.0347. The Labute approximate surface area is 188 Å². The summed E-state index contributed by atoms with van der Waals surface area (Å²) < 4.78 is 1.63. The Bertz CT molecular complexity index is 1170. The lowest BCUT2D eigenvalue weighted by Gasteiger charge is -2.17. The van der Waals surface area contributed by atoms with Gasteiger partial charge in [-0.25, -0.2) is 4.98 Å². The van der Waals surface area contributed by atoms with Crippen LogP contribution in [0.15, 0.2) is 46.9 Å².